The summed E-state index contributed by atoms with van der Waals surface area (Å²) in [6.45, 7) is 7.19. The Morgan fingerprint density at radius 3 is 2.45 bits per heavy atom. The van der Waals surface area contributed by atoms with Gasteiger partial charge in [0.15, 0.2) is 18.1 Å². The van der Waals surface area contributed by atoms with E-state index in [2.05, 4.69) is 16.0 Å². The summed E-state index contributed by atoms with van der Waals surface area (Å²) in [5.41, 5.74) is 2.73. The number of rotatable bonds is 14. The number of anilines is 1. The van der Waals surface area contributed by atoms with Crippen molar-refractivity contribution < 1.29 is 19.4 Å². The summed E-state index contributed by atoms with van der Waals surface area (Å²) in [4.78, 5) is 12.2. The standard InChI is InChI=1S/C23H32ClN3O4/c1-3-30-21-13-18(15-26-10-4-9-25-11-12-28)20(24)14-22(21)31-16-23(29)27-19-7-5-17(2)6-8-19/h5-8,13-14,25-26,28H,3-4,9-12,15-16H2,1-2H3,(H,27,29). The largest absolute Gasteiger partial charge is 0.490 e. The second-order valence-electron chi connectivity index (χ2n) is 7.03. The minimum atomic E-state index is -0.261. The van der Waals surface area contributed by atoms with Crippen molar-refractivity contribution in [2.45, 2.75) is 26.8 Å². The first kappa shape index (κ1) is 24.9. The maximum atomic E-state index is 12.2. The van der Waals surface area contributed by atoms with Gasteiger partial charge in [-0.3, -0.25) is 4.79 Å². The number of aliphatic hydroxyl groups excluding tert-OH is 1. The maximum absolute atomic E-state index is 12.2. The van der Waals surface area contributed by atoms with Crippen molar-refractivity contribution in [2.24, 2.45) is 0 Å². The van der Waals surface area contributed by atoms with Crippen LogP contribution >= 0.6 is 11.6 Å². The van der Waals surface area contributed by atoms with Gasteiger partial charge in [0, 0.05) is 29.9 Å². The minimum Gasteiger partial charge on any atom is -0.490 e. The number of aliphatic hydroxyl groups is 1. The number of ether oxygens (including phenoxy) is 2. The molecule has 0 aliphatic carbocycles. The molecule has 0 fully saturated rings. The third kappa shape index (κ3) is 9.14. The van der Waals surface area contributed by atoms with Crippen LogP contribution in [0.1, 0.15) is 24.5 Å². The van der Waals surface area contributed by atoms with Crippen molar-refractivity contribution in [3.05, 3.63) is 52.5 Å². The fourth-order valence-electron chi connectivity index (χ4n) is 2.84. The Morgan fingerprint density at radius 2 is 1.74 bits per heavy atom. The number of carbonyl (C=O) groups is 1. The molecule has 0 saturated heterocycles. The van der Waals surface area contributed by atoms with Gasteiger partial charge in [-0.15, -0.1) is 0 Å². The summed E-state index contributed by atoms with van der Waals surface area (Å²) in [5.74, 6) is 0.724. The third-order valence-electron chi connectivity index (χ3n) is 4.42. The van der Waals surface area contributed by atoms with Crippen LogP contribution in [0.5, 0.6) is 11.5 Å². The van der Waals surface area contributed by atoms with E-state index in [1.54, 1.807) is 6.07 Å². The maximum Gasteiger partial charge on any atom is 0.262 e. The van der Waals surface area contributed by atoms with Crippen LogP contribution in [0.4, 0.5) is 5.69 Å². The zero-order valence-corrected chi connectivity index (χ0v) is 18.9. The Kier molecular flexibility index (Phi) is 11.2. The summed E-state index contributed by atoms with van der Waals surface area (Å²) in [5, 5.41) is 18.6. The molecular formula is C23H32ClN3O4. The number of hydrogen-bond acceptors (Lipinski definition) is 6. The van der Waals surface area contributed by atoms with Crippen LogP contribution in [0.15, 0.2) is 36.4 Å². The fourth-order valence-corrected chi connectivity index (χ4v) is 3.06. The molecular weight excluding hydrogens is 418 g/mol. The van der Waals surface area contributed by atoms with E-state index in [9.17, 15) is 4.79 Å². The zero-order valence-electron chi connectivity index (χ0n) is 18.2. The molecule has 2 rings (SSSR count). The van der Waals surface area contributed by atoms with E-state index in [0.717, 1.165) is 36.3 Å². The molecule has 0 aromatic heterocycles. The number of halogens is 1. The highest BCUT2D eigenvalue weighted by Crippen LogP contribution is 2.33. The van der Waals surface area contributed by atoms with Crippen molar-refractivity contribution in [1.29, 1.82) is 0 Å². The van der Waals surface area contributed by atoms with E-state index >= 15 is 0 Å². The molecule has 0 atom stereocenters. The second-order valence-corrected chi connectivity index (χ2v) is 7.44. The molecule has 0 bridgehead atoms. The number of carbonyl (C=O) groups excluding carboxylic acids is 1. The quantitative estimate of drug-likeness (QED) is 0.331. The monoisotopic (exact) mass is 449 g/mol. The molecule has 7 nitrogen and oxygen atoms in total. The molecule has 0 saturated carbocycles. The molecule has 0 radical (unpaired) electrons. The number of aryl methyl sites for hydroxylation is 1. The van der Waals surface area contributed by atoms with Gasteiger partial charge in [0.25, 0.3) is 5.91 Å². The molecule has 2 aromatic rings. The Balaban J connectivity index is 1.89. The summed E-state index contributed by atoms with van der Waals surface area (Å²) >= 11 is 6.43. The van der Waals surface area contributed by atoms with E-state index in [0.29, 0.717) is 36.2 Å². The zero-order chi connectivity index (χ0) is 22.5. The number of hydrogen-bond donors (Lipinski definition) is 4. The average Bonchev–Trinajstić information content (AvgIpc) is 2.75. The molecule has 170 valence electrons. The van der Waals surface area contributed by atoms with Crippen LogP contribution in [0.2, 0.25) is 5.02 Å². The van der Waals surface area contributed by atoms with Crippen molar-refractivity contribution in [3.8, 4) is 11.5 Å². The Labute approximate surface area is 189 Å². The lowest BCUT2D eigenvalue weighted by Crippen LogP contribution is -2.24. The van der Waals surface area contributed by atoms with Gasteiger partial charge in [0.1, 0.15) is 0 Å². The number of nitrogens with one attached hydrogen (secondary N) is 3. The molecule has 1 amide bonds. The predicted molar refractivity (Wildman–Crippen MR) is 124 cm³/mol. The number of benzene rings is 2. The normalized spacial score (nSPS) is 10.7. The van der Waals surface area contributed by atoms with Gasteiger partial charge in [-0.2, -0.15) is 0 Å². The van der Waals surface area contributed by atoms with E-state index in [4.69, 9.17) is 26.2 Å². The average molecular weight is 450 g/mol. The Morgan fingerprint density at radius 1 is 1.03 bits per heavy atom. The van der Waals surface area contributed by atoms with E-state index in [1.165, 1.54) is 0 Å². The summed E-state index contributed by atoms with van der Waals surface area (Å²) < 4.78 is 11.4. The minimum absolute atomic E-state index is 0.144. The summed E-state index contributed by atoms with van der Waals surface area (Å²) in [7, 11) is 0. The predicted octanol–water partition coefficient (Wildman–Crippen LogP) is 3.13. The Hall–Kier alpha value is -2.32. The topological polar surface area (TPSA) is 91.8 Å². The lowest BCUT2D eigenvalue weighted by atomic mass is 10.2. The second kappa shape index (κ2) is 13.9. The van der Waals surface area contributed by atoms with Crippen LogP contribution in [0.25, 0.3) is 0 Å². The molecule has 0 aliphatic heterocycles. The first-order chi connectivity index (χ1) is 15.0. The van der Waals surface area contributed by atoms with Gasteiger partial charge in [0.05, 0.1) is 13.2 Å². The summed E-state index contributed by atoms with van der Waals surface area (Å²) in [6, 6.07) is 11.1. The van der Waals surface area contributed by atoms with Crippen LogP contribution < -0.4 is 25.4 Å². The van der Waals surface area contributed by atoms with Gasteiger partial charge >= 0.3 is 0 Å². The molecule has 2 aromatic carbocycles. The first-order valence-electron chi connectivity index (χ1n) is 10.5. The molecule has 31 heavy (non-hydrogen) atoms. The van der Waals surface area contributed by atoms with Crippen molar-refractivity contribution in [2.75, 3.05) is 44.8 Å². The lowest BCUT2D eigenvalue weighted by molar-refractivity contribution is -0.118. The molecule has 0 heterocycles. The highest BCUT2D eigenvalue weighted by atomic mass is 35.5. The van der Waals surface area contributed by atoms with Gasteiger partial charge in [0.2, 0.25) is 0 Å². The summed E-state index contributed by atoms with van der Waals surface area (Å²) in [6.07, 6.45) is 0.938. The van der Waals surface area contributed by atoms with E-state index < -0.39 is 0 Å². The fraction of sp³-hybridized carbons (Fsp3) is 0.435. The number of amides is 1. The van der Waals surface area contributed by atoms with Gasteiger partial charge in [-0.05, 0) is 57.1 Å². The van der Waals surface area contributed by atoms with E-state index in [-0.39, 0.29) is 19.1 Å². The van der Waals surface area contributed by atoms with Crippen LogP contribution in [0, 0.1) is 6.92 Å². The van der Waals surface area contributed by atoms with Gasteiger partial charge < -0.3 is 30.5 Å². The molecule has 8 heteroatoms. The van der Waals surface area contributed by atoms with Gasteiger partial charge in [-0.1, -0.05) is 29.3 Å². The first-order valence-corrected chi connectivity index (χ1v) is 10.9. The SMILES string of the molecule is CCOc1cc(CNCCCNCCO)c(Cl)cc1OCC(=O)Nc1ccc(C)cc1. The molecule has 4 N–H and O–H groups in total. The highest BCUT2D eigenvalue weighted by molar-refractivity contribution is 6.31. The third-order valence-corrected chi connectivity index (χ3v) is 4.77. The smallest absolute Gasteiger partial charge is 0.262 e. The van der Waals surface area contributed by atoms with Crippen LogP contribution in [-0.4, -0.2) is 50.5 Å². The van der Waals surface area contributed by atoms with Crippen molar-refractivity contribution in [3.63, 3.8) is 0 Å². The molecule has 0 unspecified atom stereocenters. The van der Waals surface area contributed by atoms with Crippen LogP contribution in [0.3, 0.4) is 0 Å². The van der Waals surface area contributed by atoms with Crippen molar-refractivity contribution in [1.82, 2.24) is 10.6 Å². The van der Waals surface area contributed by atoms with Crippen molar-refractivity contribution >= 4 is 23.2 Å². The van der Waals surface area contributed by atoms with Gasteiger partial charge in [-0.25, -0.2) is 0 Å². The Bertz CT molecular complexity index is 815. The lowest BCUT2D eigenvalue weighted by Gasteiger charge is -2.15. The molecule has 0 aliphatic rings. The highest BCUT2D eigenvalue weighted by Gasteiger charge is 2.13. The van der Waals surface area contributed by atoms with E-state index in [1.807, 2.05) is 44.2 Å². The molecule has 0 spiro atoms. The van der Waals surface area contributed by atoms with Crippen LogP contribution in [-0.2, 0) is 11.3 Å².